The molecule has 1 aliphatic rings. The van der Waals surface area contributed by atoms with Crippen LogP contribution in [0.3, 0.4) is 0 Å². The second kappa shape index (κ2) is 5.05. The van der Waals surface area contributed by atoms with E-state index in [1.54, 1.807) is 0 Å². The molecule has 3 aromatic heterocycles. The van der Waals surface area contributed by atoms with Crippen molar-refractivity contribution in [1.82, 2.24) is 20.1 Å². The first-order valence-electron chi connectivity index (χ1n) is 7.48. The van der Waals surface area contributed by atoms with Gasteiger partial charge in [0.25, 0.3) is 5.71 Å². The molecule has 1 saturated carbocycles. The van der Waals surface area contributed by atoms with Gasteiger partial charge in [0.05, 0.1) is 17.4 Å². The minimum Gasteiger partial charge on any atom is -0.361 e. The fourth-order valence-corrected chi connectivity index (χ4v) is 2.77. The summed E-state index contributed by atoms with van der Waals surface area (Å²) in [5.74, 6) is 1.36. The second-order valence-electron chi connectivity index (χ2n) is 5.89. The monoisotopic (exact) mass is 295 g/mol. The summed E-state index contributed by atoms with van der Waals surface area (Å²) in [7, 11) is 0. The van der Waals surface area contributed by atoms with Crippen LogP contribution in [0.1, 0.15) is 35.8 Å². The molecule has 1 atom stereocenters. The highest BCUT2D eigenvalue weighted by molar-refractivity contribution is 5.87. The average Bonchev–Trinajstić information content (AvgIpc) is 3.28. The van der Waals surface area contributed by atoms with Crippen LogP contribution in [0.4, 0.5) is 5.82 Å². The Morgan fingerprint density at radius 2 is 2.09 bits per heavy atom. The highest BCUT2D eigenvalue weighted by atomic mass is 16.5. The molecular formula is C16H17N5O. The molecule has 112 valence electrons. The topological polar surface area (TPSA) is 76.7 Å². The maximum absolute atomic E-state index is 5.22. The van der Waals surface area contributed by atoms with E-state index in [4.69, 9.17) is 4.52 Å². The van der Waals surface area contributed by atoms with Crippen molar-refractivity contribution in [3.8, 4) is 0 Å². The van der Waals surface area contributed by atoms with Gasteiger partial charge >= 0.3 is 0 Å². The summed E-state index contributed by atoms with van der Waals surface area (Å²) >= 11 is 0. The van der Waals surface area contributed by atoms with Crippen molar-refractivity contribution in [3.05, 3.63) is 41.6 Å². The fourth-order valence-electron chi connectivity index (χ4n) is 2.77. The third-order valence-corrected chi connectivity index (χ3v) is 4.08. The normalized spacial score (nSPS) is 15.9. The molecule has 3 heterocycles. The molecule has 4 rings (SSSR count). The number of fused-ring (bicyclic) bond motifs is 1. The van der Waals surface area contributed by atoms with Gasteiger partial charge in [-0.25, -0.2) is 4.98 Å². The SMILES string of the molecule is Cc1ccnc(C(Nc2ncnc3onc(C)c23)C2CC2)c1. The second-order valence-corrected chi connectivity index (χ2v) is 5.89. The van der Waals surface area contributed by atoms with E-state index in [-0.39, 0.29) is 6.04 Å². The Labute approximate surface area is 128 Å². The summed E-state index contributed by atoms with van der Waals surface area (Å²) in [5, 5.41) is 8.37. The molecule has 6 heteroatoms. The van der Waals surface area contributed by atoms with Crippen molar-refractivity contribution < 1.29 is 4.52 Å². The van der Waals surface area contributed by atoms with E-state index in [1.807, 2.05) is 19.2 Å². The van der Waals surface area contributed by atoms with Crippen molar-refractivity contribution in [2.45, 2.75) is 32.7 Å². The number of aromatic nitrogens is 4. The molecule has 0 amide bonds. The quantitative estimate of drug-likeness (QED) is 0.796. The molecule has 1 N–H and O–H groups in total. The Bertz CT molecular complexity index is 824. The molecule has 0 aromatic carbocycles. The van der Waals surface area contributed by atoms with Gasteiger partial charge in [-0.1, -0.05) is 5.16 Å². The molecule has 1 fully saturated rings. The van der Waals surface area contributed by atoms with Crippen molar-refractivity contribution in [1.29, 1.82) is 0 Å². The van der Waals surface area contributed by atoms with Crippen LogP contribution in [0, 0.1) is 19.8 Å². The van der Waals surface area contributed by atoms with E-state index < -0.39 is 0 Å². The molecule has 0 saturated heterocycles. The minimum atomic E-state index is 0.160. The van der Waals surface area contributed by atoms with Crippen molar-refractivity contribution in [2.75, 3.05) is 5.32 Å². The highest BCUT2D eigenvalue weighted by Crippen LogP contribution is 2.43. The molecule has 1 aliphatic carbocycles. The number of hydrogen-bond acceptors (Lipinski definition) is 6. The van der Waals surface area contributed by atoms with Gasteiger partial charge < -0.3 is 9.84 Å². The lowest BCUT2D eigenvalue weighted by Crippen LogP contribution is -2.15. The molecule has 0 radical (unpaired) electrons. The molecule has 22 heavy (non-hydrogen) atoms. The lowest BCUT2D eigenvalue weighted by atomic mass is 10.1. The number of pyridine rings is 1. The Balaban J connectivity index is 1.74. The summed E-state index contributed by atoms with van der Waals surface area (Å²) in [5.41, 5.74) is 3.58. The Kier molecular flexibility index (Phi) is 3.03. The third-order valence-electron chi connectivity index (χ3n) is 4.08. The van der Waals surface area contributed by atoms with E-state index in [2.05, 4.69) is 38.4 Å². The lowest BCUT2D eigenvalue weighted by Gasteiger charge is -2.19. The number of aryl methyl sites for hydroxylation is 2. The van der Waals surface area contributed by atoms with E-state index in [1.165, 1.54) is 24.7 Å². The van der Waals surface area contributed by atoms with E-state index in [0.717, 1.165) is 22.6 Å². The molecule has 1 unspecified atom stereocenters. The fraction of sp³-hybridized carbons (Fsp3) is 0.375. The van der Waals surface area contributed by atoms with Crippen LogP contribution in [0.25, 0.3) is 11.1 Å². The van der Waals surface area contributed by atoms with Gasteiger partial charge in [-0.3, -0.25) is 4.98 Å². The van der Waals surface area contributed by atoms with Gasteiger partial charge in [-0.2, -0.15) is 4.98 Å². The van der Waals surface area contributed by atoms with Gasteiger partial charge in [-0.05, 0) is 50.3 Å². The first-order chi connectivity index (χ1) is 10.7. The Hall–Kier alpha value is -2.50. The zero-order chi connectivity index (χ0) is 15.1. The molecule has 6 nitrogen and oxygen atoms in total. The standard InChI is InChI=1S/C16H17N5O/c1-9-5-6-17-12(7-9)14(11-3-4-11)20-15-13-10(2)21-22-16(13)19-8-18-15/h5-8,11,14H,3-4H2,1-2H3,(H,18,19,20). The van der Waals surface area contributed by atoms with Crippen molar-refractivity contribution in [2.24, 2.45) is 5.92 Å². The molecular weight excluding hydrogens is 278 g/mol. The smallest absolute Gasteiger partial charge is 0.263 e. The van der Waals surface area contributed by atoms with Crippen LogP contribution in [0.15, 0.2) is 29.2 Å². The average molecular weight is 295 g/mol. The lowest BCUT2D eigenvalue weighted by molar-refractivity contribution is 0.442. The number of nitrogens with one attached hydrogen (secondary N) is 1. The van der Waals surface area contributed by atoms with E-state index in [0.29, 0.717) is 11.6 Å². The molecule has 0 aliphatic heterocycles. The van der Waals surface area contributed by atoms with Gasteiger partial charge in [0.15, 0.2) is 0 Å². The van der Waals surface area contributed by atoms with E-state index in [9.17, 15) is 0 Å². The summed E-state index contributed by atoms with van der Waals surface area (Å²) in [4.78, 5) is 13.1. The van der Waals surface area contributed by atoms with Gasteiger partial charge in [0.2, 0.25) is 0 Å². The zero-order valence-corrected chi connectivity index (χ0v) is 12.6. The summed E-state index contributed by atoms with van der Waals surface area (Å²) < 4.78 is 5.22. The van der Waals surface area contributed by atoms with Crippen LogP contribution in [0.5, 0.6) is 0 Å². The van der Waals surface area contributed by atoms with E-state index >= 15 is 0 Å². The first-order valence-corrected chi connectivity index (χ1v) is 7.48. The van der Waals surface area contributed by atoms with Gasteiger partial charge in [0.1, 0.15) is 17.5 Å². The van der Waals surface area contributed by atoms with Gasteiger partial charge in [0, 0.05) is 6.20 Å². The predicted molar refractivity (Wildman–Crippen MR) is 82.4 cm³/mol. The van der Waals surface area contributed by atoms with Crippen molar-refractivity contribution >= 4 is 16.9 Å². The minimum absolute atomic E-state index is 0.160. The van der Waals surface area contributed by atoms with Crippen LogP contribution in [-0.2, 0) is 0 Å². The van der Waals surface area contributed by atoms with Crippen LogP contribution in [-0.4, -0.2) is 20.1 Å². The predicted octanol–water partition coefficient (Wildman–Crippen LogP) is 3.19. The van der Waals surface area contributed by atoms with Crippen LogP contribution < -0.4 is 5.32 Å². The largest absolute Gasteiger partial charge is 0.361 e. The highest BCUT2D eigenvalue weighted by Gasteiger charge is 2.34. The van der Waals surface area contributed by atoms with Crippen molar-refractivity contribution in [3.63, 3.8) is 0 Å². The maximum atomic E-state index is 5.22. The van der Waals surface area contributed by atoms with Gasteiger partial charge in [-0.15, -0.1) is 0 Å². The maximum Gasteiger partial charge on any atom is 0.263 e. The molecule has 3 aromatic rings. The zero-order valence-electron chi connectivity index (χ0n) is 12.6. The Morgan fingerprint density at radius 1 is 1.23 bits per heavy atom. The number of anilines is 1. The summed E-state index contributed by atoms with van der Waals surface area (Å²) in [6.07, 6.45) is 5.79. The molecule has 0 bridgehead atoms. The third kappa shape index (κ3) is 2.30. The summed E-state index contributed by atoms with van der Waals surface area (Å²) in [6.45, 7) is 3.99. The van der Waals surface area contributed by atoms with Crippen LogP contribution >= 0.6 is 0 Å². The number of nitrogens with zero attached hydrogens (tertiary/aromatic N) is 4. The Morgan fingerprint density at radius 3 is 2.86 bits per heavy atom. The van der Waals surface area contributed by atoms with Crippen LogP contribution in [0.2, 0.25) is 0 Å². The summed E-state index contributed by atoms with van der Waals surface area (Å²) in [6, 6.07) is 4.31. The number of rotatable bonds is 4. The number of hydrogen-bond donors (Lipinski definition) is 1. The molecule has 0 spiro atoms. The first kappa shape index (κ1) is 13.2.